The van der Waals surface area contributed by atoms with E-state index < -0.39 is 6.10 Å². The molecule has 3 aromatic rings. The highest BCUT2D eigenvalue weighted by molar-refractivity contribution is 5.82. The van der Waals surface area contributed by atoms with Crippen molar-refractivity contribution in [2.75, 3.05) is 0 Å². The molecule has 3 rings (SSSR count). The zero-order valence-corrected chi connectivity index (χ0v) is 11.3. The zero-order chi connectivity index (χ0) is 14.3. The van der Waals surface area contributed by atoms with Gasteiger partial charge in [-0.2, -0.15) is 5.10 Å². The maximum Gasteiger partial charge on any atom is 0.126 e. The number of rotatable bonds is 2. The Bertz CT molecular complexity index is 779. The normalized spacial score (nSPS) is 12.8. The largest absolute Gasteiger partial charge is 0.382 e. The first-order chi connectivity index (χ1) is 9.58. The molecule has 1 N–H and O–H groups in total. The van der Waals surface area contributed by atoms with Crippen LogP contribution in [0.5, 0.6) is 0 Å². The van der Waals surface area contributed by atoms with E-state index in [-0.39, 0.29) is 5.82 Å². The van der Waals surface area contributed by atoms with E-state index >= 15 is 0 Å². The van der Waals surface area contributed by atoms with Crippen LogP contribution in [0.1, 0.15) is 22.9 Å². The summed E-state index contributed by atoms with van der Waals surface area (Å²) in [6.45, 7) is 1.70. The Labute approximate surface area is 116 Å². The van der Waals surface area contributed by atoms with E-state index in [1.165, 1.54) is 6.07 Å². The molecule has 1 unspecified atom stereocenters. The summed E-state index contributed by atoms with van der Waals surface area (Å²) in [5.41, 5.74) is 2.56. The third kappa shape index (κ3) is 1.98. The van der Waals surface area contributed by atoms with Crippen molar-refractivity contribution in [1.29, 1.82) is 0 Å². The third-order valence-corrected chi connectivity index (χ3v) is 3.56. The van der Waals surface area contributed by atoms with E-state index in [2.05, 4.69) is 5.10 Å². The first-order valence-electron chi connectivity index (χ1n) is 6.43. The number of nitrogens with zero attached hydrogens (tertiary/aromatic N) is 2. The van der Waals surface area contributed by atoms with Gasteiger partial charge >= 0.3 is 0 Å². The van der Waals surface area contributed by atoms with Crippen LogP contribution < -0.4 is 0 Å². The minimum atomic E-state index is -0.934. The van der Waals surface area contributed by atoms with Crippen LogP contribution in [0, 0.1) is 12.7 Å². The summed E-state index contributed by atoms with van der Waals surface area (Å²) in [4.78, 5) is 0. The molecule has 1 atom stereocenters. The molecule has 0 amide bonds. The van der Waals surface area contributed by atoms with Crippen molar-refractivity contribution in [1.82, 2.24) is 9.78 Å². The highest BCUT2D eigenvalue weighted by Gasteiger charge is 2.19. The Hall–Kier alpha value is -2.20. The van der Waals surface area contributed by atoms with E-state index in [1.807, 2.05) is 31.3 Å². The Morgan fingerprint density at radius 1 is 1.20 bits per heavy atom. The second-order valence-corrected chi connectivity index (χ2v) is 4.94. The van der Waals surface area contributed by atoms with Gasteiger partial charge in [-0.1, -0.05) is 30.3 Å². The first kappa shape index (κ1) is 12.8. The summed E-state index contributed by atoms with van der Waals surface area (Å²) in [6, 6.07) is 12.4. The Morgan fingerprint density at radius 2 is 1.95 bits per heavy atom. The summed E-state index contributed by atoms with van der Waals surface area (Å²) in [7, 11) is 1.83. The summed E-state index contributed by atoms with van der Waals surface area (Å²) in [6.07, 6.45) is -0.934. The lowest BCUT2D eigenvalue weighted by Crippen LogP contribution is -2.03. The number of benzene rings is 2. The number of fused-ring (bicyclic) bond motifs is 1. The molecule has 2 aromatic carbocycles. The van der Waals surface area contributed by atoms with Gasteiger partial charge in [-0.3, -0.25) is 4.68 Å². The van der Waals surface area contributed by atoms with Gasteiger partial charge in [0.25, 0.3) is 0 Å². The van der Waals surface area contributed by atoms with Crippen molar-refractivity contribution < 1.29 is 9.50 Å². The van der Waals surface area contributed by atoms with Gasteiger partial charge in [-0.15, -0.1) is 0 Å². The second kappa shape index (κ2) is 4.72. The monoisotopic (exact) mass is 270 g/mol. The van der Waals surface area contributed by atoms with Crippen molar-refractivity contribution in [3.8, 4) is 0 Å². The molecule has 1 aromatic heterocycles. The molecule has 0 saturated heterocycles. The molecule has 0 aliphatic rings. The summed E-state index contributed by atoms with van der Waals surface area (Å²) < 4.78 is 15.4. The maximum atomic E-state index is 13.6. The average molecular weight is 270 g/mol. The molecule has 0 fully saturated rings. The minimum Gasteiger partial charge on any atom is -0.382 e. The van der Waals surface area contributed by atoms with Crippen molar-refractivity contribution in [2.24, 2.45) is 7.05 Å². The van der Waals surface area contributed by atoms with Gasteiger partial charge in [0.1, 0.15) is 17.6 Å². The number of hydrogen-bond acceptors (Lipinski definition) is 2. The van der Waals surface area contributed by atoms with Gasteiger partial charge in [-0.25, -0.2) is 4.39 Å². The van der Waals surface area contributed by atoms with Gasteiger partial charge < -0.3 is 5.11 Å². The van der Waals surface area contributed by atoms with E-state index in [0.29, 0.717) is 16.8 Å². The molecule has 20 heavy (non-hydrogen) atoms. The molecule has 4 heteroatoms. The number of aromatic nitrogens is 2. The number of para-hydroxylation sites is 1. The highest BCUT2D eigenvalue weighted by Crippen LogP contribution is 2.28. The molecule has 3 nitrogen and oxygen atoms in total. The molecule has 102 valence electrons. The van der Waals surface area contributed by atoms with Crippen LogP contribution in [0.25, 0.3) is 10.9 Å². The number of aryl methyl sites for hydroxylation is 2. The minimum absolute atomic E-state index is 0.318. The SMILES string of the molecule is Cc1ccc(C(O)c2nn(C)c3ccccc23)cc1F. The Morgan fingerprint density at radius 3 is 2.70 bits per heavy atom. The Kier molecular flexibility index (Phi) is 3.03. The number of aliphatic hydroxyl groups is 1. The van der Waals surface area contributed by atoms with Crippen molar-refractivity contribution in [3.63, 3.8) is 0 Å². The lowest BCUT2D eigenvalue weighted by molar-refractivity contribution is 0.215. The molecule has 1 heterocycles. The molecule has 0 radical (unpaired) electrons. The van der Waals surface area contributed by atoms with Crippen LogP contribution in [0.4, 0.5) is 4.39 Å². The predicted molar refractivity (Wildman–Crippen MR) is 75.9 cm³/mol. The molecule has 0 saturated carbocycles. The van der Waals surface area contributed by atoms with Gasteiger partial charge in [0, 0.05) is 12.4 Å². The average Bonchev–Trinajstić information content (AvgIpc) is 2.79. The van der Waals surface area contributed by atoms with Crippen LogP contribution in [0.2, 0.25) is 0 Å². The smallest absolute Gasteiger partial charge is 0.126 e. The summed E-state index contributed by atoms with van der Waals surface area (Å²) in [5.74, 6) is -0.318. The topological polar surface area (TPSA) is 38.1 Å². The van der Waals surface area contributed by atoms with E-state index in [1.54, 1.807) is 23.7 Å². The molecule has 0 bridgehead atoms. The molecule has 0 spiro atoms. The van der Waals surface area contributed by atoms with E-state index in [9.17, 15) is 9.50 Å². The predicted octanol–water partition coefficient (Wildman–Crippen LogP) is 3.10. The molecular formula is C16H15FN2O. The lowest BCUT2D eigenvalue weighted by atomic mass is 10.0. The number of hydrogen-bond donors (Lipinski definition) is 1. The number of halogens is 1. The summed E-state index contributed by atoms with van der Waals surface area (Å²) in [5, 5.41) is 15.7. The maximum absolute atomic E-state index is 13.6. The summed E-state index contributed by atoms with van der Waals surface area (Å²) >= 11 is 0. The van der Waals surface area contributed by atoms with Crippen molar-refractivity contribution in [2.45, 2.75) is 13.0 Å². The van der Waals surface area contributed by atoms with Crippen LogP contribution >= 0.6 is 0 Å². The van der Waals surface area contributed by atoms with Crippen LogP contribution in [0.15, 0.2) is 42.5 Å². The van der Waals surface area contributed by atoms with Crippen molar-refractivity contribution in [3.05, 3.63) is 65.1 Å². The fourth-order valence-corrected chi connectivity index (χ4v) is 2.38. The zero-order valence-electron chi connectivity index (χ0n) is 11.3. The van der Waals surface area contributed by atoms with Gasteiger partial charge in [0.2, 0.25) is 0 Å². The highest BCUT2D eigenvalue weighted by atomic mass is 19.1. The standard InChI is InChI=1S/C16H15FN2O/c1-10-7-8-11(9-13(10)17)16(20)15-12-5-3-4-6-14(12)19(2)18-15/h3-9,16,20H,1-2H3. The van der Waals surface area contributed by atoms with Gasteiger partial charge in [0.05, 0.1) is 5.52 Å². The first-order valence-corrected chi connectivity index (χ1v) is 6.43. The van der Waals surface area contributed by atoms with Crippen LogP contribution in [0.3, 0.4) is 0 Å². The fraction of sp³-hybridized carbons (Fsp3) is 0.188. The lowest BCUT2D eigenvalue weighted by Gasteiger charge is -2.10. The van der Waals surface area contributed by atoms with Gasteiger partial charge in [0.15, 0.2) is 0 Å². The van der Waals surface area contributed by atoms with Crippen LogP contribution in [-0.4, -0.2) is 14.9 Å². The Balaban J connectivity index is 2.12. The van der Waals surface area contributed by atoms with Crippen LogP contribution in [-0.2, 0) is 7.05 Å². The number of aliphatic hydroxyl groups excluding tert-OH is 1. The molecule has 0 aliphatic carbocycles. The van der Waals surface area contributed by atoms with E-state index in [4.69, 9.17) is 0 Å². The second-order valence-electron chi connectivity index (χ2n) is 4.94. The third-order valence-electron chi connectivity index (χ3n) is 3.56. The van der Waals surface area contributed by atoms with E-state index in [0.717, 1.165) is 10.9 Å². The van der Waals surface area contributed by atoms with Gasteiger partial charge in [-0.05, 0) is 30.2 Å². The van der Waals surface area contributed by atoms with Crippen molar-refractivity contribution >= 4 is 10.9 Å². The molecular weight excluding hydrogens is 255 g/mol. The fourth-order valence-electron chi connectivity index (χ4n) is 2.38. The molecule has 0 aliphatic heterocycles. The quantitative estimate of drug-likeness (QED) is 0.777.